The molecule has 0 aliphatic heterocycles. The number of nitrogens with two attached hydrogens (primary N) is 1. The van der Waals surface area contributed by atoms with Crippen LogP contribution in [0.15, 0.2) is 0 Å². The molecule has 0 aromatic rings. The Bertz CT molecular complexity index is 597. The Morgan fingerprint density at radius 3 is 2.61 bits per heavy atom. The maximum absolute atomic E-state index is 11.4. The fraction of sp³-hybridized carbons (Fsp3) is 0.957. The molecule has 4 saturated carbocycles. The number of fused-ring (bicyclic) bond motifs is 5. The molecule has 0 spiro atoms. The van der Waals surface area contributed by atoms with Gasteiger partial charge in [-0.3, -0.25) is 4.79 Å². The van der Waals surface area contributed by atoms with Gasteiger partial charge in [0.15, 0.2) is 0 Å². The monoisotopic (exact) mass is 393 g/mol. The van der Waals surface area contributed by atoms with E-state index < -0.39 is 5.97 Å². The van der Waals surface area contributed by atoms with Gasteiger partial charge in [0.05, 0.1) is 12.2 Å². The van der Waals surface area contributed by atoms with Gasteiger partial charge in [-0.1, -0.05) is 13.8 Å². The van der Waals surface area contributed by atoms with Gasteiger partial charge in [-0.05, 0) is 105 Å². The van der Waals surface area contributed by atoms with Crippen molar-refractivity contribution in [3.63, 3.8) is 0 Å². The van der Waals surface area contributed by atoms with Gasteiger partial charge in [0, 0.05) is 6.42 Å². The van der Waals surface area contributed by atoms with Crippen molar-refractivity contribution in [3.05, 3.63) is 0 Å². The van der Waals surface area contributed by atoms with Crippen molar-refractivity contribution < 1.29 is 19.8 Å². The minimum absolute atomic E-state index is 0.0273. The summed E-state index contributed by atoms with van der Waals surface area (Å²) in [5, 5.41) is 20.4. The average Bonchev–Trinajstić information content (AvgIpc) is 3.00. The van der Waals surface area contributed by atoms with E-state index in [4.69, 9.17) is 15.8 Å². The summed E-state index contributed by atoms with van der Waals surface area (Å²) in [6, 6.07) is 0. The number of rotatable bonds is 5. The summed E-state index contributed by atoms with van der Waals surface area (Å²) >= 11 is 0. The van der Waals surface area contributed by atoms with Crippen molar-refractivity contribution in [1.29, 1.82) is 0 Å². The van der Waals surface area contributed by atoms with Crippen LogP contribution in [0.2, 0.25) is 0 Å². The van der Waals surface area contributed by atoms with E-state index in [1.807, 2.05) is 0 Å². The third-order valence-corrected chi connectivity index (χ3v) is 10.0. The van der Waals surface area contributed by atoms with E-state index in [1.54, 1.807) is 0 Å². The van der Waals surface area contributed by atoms with Gasteiger partial charge in [0.2, 0.25) is 0 Å². The highest BCUT2D eigenvalue weighted by atomic mass is 16.6. The number of carbonyl (C=O) groups is 1. The average molecular weight is 394 g/mol. The Morgan fingerprint density at radius 1 is 1.11 bits per heavy atom. The van der Waals surface area contributed by atoms with Crippen molar-refractivity contribution in [2.45, 2.75) is 96.7 Å². The molecular formula is C23H39NO4. The predicted octanol–water partition coefficient (Wildman–Crippen LogP) is 4.13. The largest absolute Gasteiger partial charge is 0.481 e. The third-order valence-electron chi connectivity index (χ3n) is 10.0. The first-order valence-corrected chi connectivity index (χ1v) is 11.6. The lowest BCUT2D eigenvalue weighted by molar-refractivity contribution is -0.175. The minimum Gasteiger partial charge on any atom is -0.481 e. The van der Waals surface area contributed by atoms with Crippen LogP contribution in [-0.2, 0) is 9.63 Å². The summed E-state index contributed by atoms with van der Waals surface area (Å²) in [4.78, 5) is 16.1. The molecule has 4 aliphatic carbocycles. The van der Waals surface area contributed by atoms with Gasteiger partial charge in [0.25, 0.3) is 0 Å². The molecule has 4 rings (SSSR count). The highest BCUT2D eigenvalue weighted by Crippen LogP contribution is 2.67. The third kappa shape index (κ3) is 3.13. The van der Waals surface area contributed by atoms with Crippen LogP contribution >= 0.6 is 0 Å². The molecule has 9 atom stereocenters. The van der Waals surface area contributed by atoms with E-state index in [-0.39, 0.29) is 24.0 Å². The lowest BCUT2D eigenvalue weighted by Crippen LogP contribution is -2.58. The summed E-state index contributed by atoms with van der Waals surface area (Å²) in [5.74, 6) is 7.86. The smallest absolute Gasteiger partial charge is 0.303 e. The zero-order valence-electron chi connectivity index (χ0n) is 17.6. The van der Waals surface area contributed by atoms with Crippen LogP contribution in [0.4, 0.5) is 0 Å². The molecule has 0 aromatic carbocycles. The number of aliphatic carboxylic acids is 1. The molecule has 0 bridgehead atoms. The lowest BCUT2D eigenvalue weighted by atomic mass is 9.44. The molecule has 0 heterocycles. The van der Waals surface area contributed by atoms with E-state index in [1.165, 1.54) is 25.7 Å². The van der Waals surface area contributed by atoms with Crippen LogP contribution in [0.5, 0.6) is 0 Å². The van der Waals surface area contributed by atoms with Crippen LogP contribution in [-0.4, -0.2) is 28.4 Å². The highest BCUT2D eigenvalue weighted by Gasteiger charge is 2.63. The standard InChI is InChI=1S/C23H39NO4/c1-22-11-10-16(28-24)12-15(22)6-8-17-18-9-7-14(4-3-5-21(26)27)23(18,2)20(25)13-19(17)22/h14-20,25H,3-13,24H2,1-2H3,(H,26,27). The Morgan fingerprint density at radius 2 is 1.89 bits per heavy atom. The number of aliphatic hydroxyl groups excluding tert-OH is 1. The molecule has 160 valence electrons. The Hall–Kier alpha value is -0.650. The molecule has 0 aromatic heterocycles. The molecule has 0 saturated heterocycles. The molecular weight excluding hydrogens is 354 g/mol. The van der Waals surface area contributed by atoms with E-state index in [0.29, 0.717) is 29.1 Å². The second kappa shape index (κ2) is 7.55. The summed E-state index contributed by atoms with van der Waals surface area (Å²) in [7, 11) is 0. The highest BCUT2D eigenvalue weighted by molar-refractivity contribution is 5.66. The first kappa shape index (κ1) is 20.6. The van der Waals surface area contributed by atoms with Crippen LogP contribution in [0.25, 0.3) is 0 Å². The maximum atomic E-state index is 11.4. The first-order valence-electron chi connectivity index (χ1n) is 11.6. The number of hydrogen-bond acceptors (Lipinski definition) is 4. The quantitative estimate of drug-likeness (QED) is 0.611. The predicted molar refractivity (Wildman–Crippen MR) is 107 cm³/mol. The van der Waals surface area contributed by atoms with E-state index in [2.05, 4.69) is 13.8 Å². The normalized spacial score (nSPS) is 50.5. The lowest BCUT2D eigenvalue weighted by Gasteiger charge is -2.62. The maximum Gasteiger partial charge on any atom is 0.303 e. The SMILES string of the molecule is CC12CCC(ON)CC1CCC1C2CC(O)C2(C)C(CCCC(=O)O)CCC12. The van der Waals surface area contributed by atoms with Gasteiger partial charge >= 0.3 is 5.97 Å². The molecule has 4 aliphatic rings. The zero-order valence-corrected chi connectivity index (χ0v) is 17.6. The Balaban J connectivity index is 1.52. The second-order valence-electron chi connectivity index (χ2n) is 10.9. The first-order chi connectivity index (χ1) is 13.3. The topological polar surface area (TPSA) is 92.8 Å². The summed E-state index contributed by atoms with van der Waals surface area (Å²) in [6.07, 6.45) is 11.0. The number of aliphatic hydroxyl groups is 1. The van der Waals surface area contributed by atoms with Gasteiger partial charge < -0.3 is 15.1 Å². The van der Waals surface area contributed by atoms with Crippen LogP contribution in [0.3, 0.4) is 0 Å². The van der Waals surface area contributed by atoms with Crippen molar-refractivity contribution in [1.82, 2.24) is 0 Å². The summed E-state index contributed by atoms with van der Waals surface area (Å²) in [5.41, 5.74) is 0.280. The van der Waals surface area contributed by atoms with E-state index >= 15 is 0 Å². The van der Waals surface area contributed by atoms with Crippen LogP contribution in [0.1, 0.15) is 84.5 Å². The van der Waals surface area contributed by atoms with Gasteiger partial charge in [-0.25, -0.2) is 5.90 Å². The molecule has 0 amide bonds. The molecule has 5 heteroatoms. The Kier molecular flexibility index (Phi) is 5.56. The molecule has 5 nitrogen and oxygen atoms in total. The zero-order chi connectivity index (χ0) is 20.1. The van der Waals surface area contributed by atoms with Gasteiger partial charge in [-0.2, -0.15) is 0 Å². The van der Waals surface area contributed by atoms with Crippen LogP contribution in [0, 0.1) is 40.4 Å². The molecule has 4 N–H and O–H groups in total. The number of carboxylic acid groups (broad SMARTS) is 1. The molecule has 9 unspecified atom stereocenters. The van der Waals surface area contributed by atoms with Crippen molar-refractivity contribution in [2.75, 3.05) is 0 Å². The van der Waals surface area contributed by atoms with Gasteiger partial charge in [-0.15, -0.1) is 0 Å². The van der Waals surface area contributed by atoms with Crippen molar-refractivity contribution in [2.24, 2.45) is 46.3 Å². The van der Waals surface area contributed by atoms with Crippen molar-refractivity contribution in [3.8, 4) is 0 Å². The van der Waals surface area contributed by atoms with Crippen LogP contribution < -0.4 is 5.90 Å². The fourth-order valence-electron chi connectivity index (χ4n) is 8.40. The van der Waals surface area contributed by atoms with Gasteiger partial charge in [0.1, 0.15) is 0 Å². The number of hydrogen-bond donors (Lipinski definition) is 3. The molecule has 0 radical (unpaired) electrons. The Labute approximate surface area is 169 Å². The molecule has 4 fully saturated rings. The summed E-state index contributed by atoms with van der Waals surface area (Å²) in [6.45, 7) is 4.81. The minimum atomic E-state index is -0.702. The van der Waals surface area contributed by atoms with E-state index in [9.17, 15) is 9.90 Å². The van der Waals surface area contributed by atoms with E-state index in [0.717, 1.165) is 44.4 Å². The fourth-order valence-corrected chi connectivity index (χ4v) is 8.40. The second-order valence-corrected chi connectivity index (χ2v) is 10.9. The van der Waals surface area contributed by atoms with Crippen molar-refractivity contribution >= 4 is 5.97 Å². The summed E-state index contributed by atoms with van der Waals surface area (Å²) < 4.78 is 0. The number of carboxylic acids is 1. The molecule has 28 heavy (non-hydrogen) atoms.